The summed E-state index contributed by atoms with van der Waals surface area (Å²) in [5, 5.41) is 2.90. The lowest BCUT2D eigenvalue weighted by Gasteiger charge is -2.17. The van der Waals surface area contributed by atoms with Crippen LogP contribution in [0.15, 0.2) is 48.5 Å². The summed E-state index contributed by atoms with van der Waals surface area (Å²) in [5.41, 5.74) is 1.24. The predicted octanol–water partition coefficient (Wildman–Crippen LogP) is 3.79. The van der Waals surface area contributed by atoms with Crippen LogP contribution in [0.4, 0.5) is 10.1 Å². The van der Waals surface area contributed by atoms with Crippen molar-refractivity contribution in [3.05, 3.63) is 59.9 Å². The SMILES string of the molecule is CCCCOc1ccc(C(=O)NCC2CC(=O)N(c3ccc(F)cc3)C2)cc1. The van der Waals surface area contributed by atoms with E-state index in [1.807, 2.05) is 0 Å². The number of halogens is 1. The predicted molar refractivity (Wildman–Crippen MR) is 106 cm³/mol. The van der Waals surface area contributed by atoms with Gasteiger partial charge in [-0.15, -0.1) is 0 Å². The highest BCUT2D eigenvalue weighted by Crippen LogP contribution is 2.25. The first kappa shape index (κ1) is 19.9. The normalized spacial score (nSPS) is 16.3. The Labute approximate surface area is 164 Å². The monoisotopic (exact) mass is 384 g/mol. The molecule has 3 rings (SSSR count). The van der Waals surface area contributed by atoms with Gasteiger partial charge in [-0.2, -0.15) is 0 Å². The van der Waals surface area contributed by atoms with Gasteiger partial charge >= 0.3 is 0 Å². The van der Waals surface area contributed by atoms with Crippen LogP contribution in [0.1, 0.15) is 36.5 Å². The van der Waals surface area contributed by atoms with Gasteiger partial charge in [-0.25, -0.2) is 4.39 Å². The lowest BCUT2D eigenvalue weighted by atomic mass is 10.1. The largest absolute Gasteiger partial charge is 0.494 e. The summed E-state index contributed by atoms with van der Waals surface area (Å²) in [7, 11) is 0. The highest BCUT2D eigenvalue weighted by atomic mass is 19.1. The van der Waals surface area contributed by atoms with E-state index < -0.39 is 0 Å². The lowest BCUT2D eigenvalue weighted by molar-refractivity contribution is -0.117. The topological polar surface area (TPSA) is 58.6 Å². The maximum Gasteiger partial charge on any atom is 0.251 e. The number of carbonyl (C=O) groups excluding carboxylic acids is 2. The Morgan fingerprint density at radius 3 is 2.57 bits per heavy atom. The van der Waals surface area contributed by atoms with Crippen LogP contribution < -0.4 is 15.0 Å². The van der Waals surface area contributed by atoms with Crippen molar-refractivity contribution in [2.75, 3.05) is 24.6 Å². The second-order valence-electron chi connectivity index (χ2n) is 6.99. The summed E-state index contributed by atoms with van der Waals surface area (Å²) in [6.45, 7) is 3.70. The zero-order valence-corrected chi connectivity index (χ0v) is 16.0. The number of nitrogens with zero attached hydrogens (tertiary/aromatic N) is 1. The van der Waals surface area contributed by atoms with Crippen molar-refractivity contribution in [1.82, 2.24) is 5.32 Å². The molecule has 2 aromatic rings. The fourth-order valence-electron chi connectivity index (χ4n) is 3.16. The molecule has 148 valence electrons. The highest BCUT2D eigenvalue weighted by molar-refractivity contribution is 5.96. The van der Waals surface area contributed by atoms with Gasteiger partial charge < -0.3 is 15.0 Å². The van der Waals surface area contributed by atoms with Gasteiger partial charge in [0.05, 0.1) is 6.61 Å². The number of ether oxygens (including phenoxy) is 1. The van der Waals surface area contributed by atoms with Crippen LogP contribution in [0, 0.1) is 11.7 Å². The number of unbranched alkanes of at least 4 members (excludes halogenated alkanes) is 1. The number of amides is 2. The van der Waals surface area contributed by atoms with Crippen molar-refractivity contribution in [3.63, 3.8) is 0 Å². The third-order valence-corrected chi connectivity index (χ3v) is 4.78. The van der Waals surface area contributed by atoms with Crippen LogP contribution in [-0.2, 0) is 4.79 Å². The number of hydrogen-bond donors (Lipinski definition) is 1. The minimum atomic E-state index is -0.332. The molecule has 0 aromatic heterocycles. The zero-order chi connectivity index (χ0) is 19.9. The molecule has 1 heterocycles. The van der Waals surface area contributed by atoms with E-state index in [9.17, 15) is 14.0 Å². The first-order valence-electron chi connectivity index (χ1n) is 9.64. The molecule has 2 amide bonds. The van der Waals surface area contributed by atoms with Crippen LogP contribution in [0.5, 0.6) is 5.75 Å². The summed E-state index contributed by atoms with van der Waals surface area (Å²) < 4.78 is 18.7. The molecule has 6 heteroatoms. The molecule has 1 aliphatic rings. The second kappa shape index (κ2) is 9.35. The Morgan fingerprint density at radius 1 is 1.18 bits per heavy atom. The van der Waals surface area contributed by atoms with E-state index in [0.717, 1.165) is 18.6 Å². The Kier molecular flexibility index (Phi) is 6.63. The molecule has 1 fully saturated rings. The lowest BCUT2D eigenvalue weighted by Crippen LogP contribution is -2.31. The fraction of sp³-hybridized carbons (Fsp3) is 0.364. The molecule has 2 aromatic carbocycles. The van der Waals surface area contributed by atoms with Crippen LogP contribution in [0.3, 0.4) is 0 Å². The van der Waals surface area contributed by atoms with E-state index >= 15 is 0 Å². The Bertz CT molecular complexity index is 806. The molecule has 1 N–H and O–H groups in total. The van der Waals surface area contributed by atoms with E-state index in [-0.39, 0.29) is 23.5 Å². The van der Waals surface area contributed by atoms with Crippen molar-refractivity contribution >= 4 is 17.5 Å². The second-order valence-corrected chi connectivity index (χ2v) is 6.99. The van der Waals surface area contributed by atoms with Gasteiger partial charge in [0.2, 0.25) is 5.91 Å². The van der Waals surface area contributed by atoms with E-state index in [1.54, 1.807) is 41.3 Å². The van der Waals surface area contributed by atoms with Crippen LogP contribution >= 0.6 is 0 Å². The maximum absolute atomic E-state index is 13.1. The number of carbonyl (C=O) groups is 2. The van der Waals surface area contributed by atoms with Gasteiger partial charge in [-0.1, -0.05) is 13.3 Å². The van der Waals surface area contributed by atoms with Gasteiger partial charge in [-0.05, 0) is 55.0 Å². The first-order chi connectivity index (χ1) is 13.6. The van der Waals surface area contributed by atoms with Crippen molar-refractivity contribution in [2.24, 2.45) is 5.92 Å². The Morgan fingerprint density at radius 2 is 1.89 bits per heavy atom. The van der Waals surface area contributed by atoms with E-state index in [0.29, 0.717) is 37.4 Å². The molecule has 0 radical (unpaired) electrons. The number of benzene rings is 2. The zero-order valence-electron chi connectivity index (χ0n) is 16.0. The third-order valence-electron chi connectivity index (χ3n) is 4.78. The van der Waals surface area contributed by atoms with Gasteiger partial charge in [0, 0.05) is 36.7 Å². The fourth-order valence-corrected chi connectivity index (χ4v) is 3.16. The molecule has 28 heavy (non-hydrogen) atoms. The standard InChI is InChI=1S/C22H25FN2O3/c1-2-3-12-28-20-10-4-17(5-11-20)22(27)24-14-16-13-21(26)25(15-16)19-8-6-18(23)7-9-19/h4-11,16H,2-3,12-15H2,1H3,(H,24,27). The minimum absolute atomic E-state index is 0.0144. The summed E-state index contributed by atoms with van der Waals surface area (Å²) in [5.74, 6) is 0.257. The summed E-state index contributed by atoms with van der Waals surface area (Å²) in [6.07, 6.45) is 2.43. The molecule has 1 aliphatic heterocycles. The van der Waals surface area contributed by atoms with Crippen LogP contribution in [0.2, 0.25) is 0 Å². The van der Waals surface area contributed by atoms with Gasteiger partial charge in [-0.3, -0.25) is 9.59 Å². The molecule has 0 saturated carbocycles. The van der Waals surface area contributed by atoms with Crippen molar-refractivity contribution in [3.8, 4) is 5.75 Å². The molecule has 0 aliphatic carbocycles. The van der Waals surface area contributed by atoms with E-state index in [2.05, 4.69) is 12.2 Å². The molecular formula is C22H25FN2O3. The Balaban J connectivity index is 1.49. The quantitative estimate of drug-likeness (QED) is 0.705. The molecule has 1 saturated heterocycles. The van der Waals surface area contributed by atoms with Crippen LogP contribution in [0.25, 0.3) is 0 Å². The van der Waals surface area contributed by atoms with Crippen LogP contribution in [-0.4, -0.2) is 31.5 Å². The molecule has 0 spiro atoms. The van der Waals surface area contributed by atoms with Gasteiger partial charge in [0.15, 0.2) is 0 Å². The number of anilines is 1. The van der Waals surface area contributed by atoms with Crippen molar-refractivity contribution in [1.29, 1.82) is 0 Å². The van der Waals surface area contributed by atoms with E-state index in [4.69, 9.17) is 4.74 Å². The minimum Gasteiger partial charge on any atom is -0.494 e. The summed E-state index contributed by atoms with van der Waals surface area (Å²) in [6, 6.07) is 12.9. The average molecular weight is 384 g/mol. The first-order valence-corrected chi connectivity index (χ1v) is 9.64. The van der Waals surface area contributed by atoms with E-state index in [1.165, 1.54) is 12.1 Å². The molecular weight excluding hydrogens is 359 g/mol. The maximum atomic E-state index is 13.1. The average Bonchev–Trinajstić information content (AvgIpc) is 3.08. The number of rotatable bonds is 8. The van der Waals surface area contributed by atoms with Gasteiger partial charge in [0.1, 0.15) is 11.6 Å². The molecule has 1 atom stereocenters. The molecule has 0 bridgehead atoms. The smallest absolute Gasteiger partial charge is 0.251 e. The summed E-state index contributed by atoms with van der Waals surface area (Å²) in [4.78, 5) is 26.2. The van der Waals surface area contributed by atoms with Crippen molar-refractivity contribution < 1.29 is 18.7 Å². The van der Waals surface area contributed by atoms with Gasteiger partial charge in [0.25, 0.3) is 5.91 Å². The summed E-state index contributed by atoms with van der Waals surface area (Å²) >= 11 is 0. The molecule has 5 nitrogen and oxygen atoms in total. The highest BCUT2D eigenvalue weighted by Gasteiger charge is 2.30. The third kappa shape index (κ3) is 5.09. The Hall–Kier alpha value is -2.89. The number of hydrogen-bond acceptors (Lipinski definition) is 3. The number of nitrogens with one attached hydrogen (secondary N) is 1. The molecule has 1 unspecified atom stereocenters. The van der Waals surface area contributed by atoms with Crippen molar-refractivity contribution in [2.45, 2.75) is 26.2 Å².